The van der Waals surface area contributed by atoms with E-state index in [-0.39, 0.29) is 17.9 Å². The second-order valence-electron chi connectivity index (χ2n) is 4.40. The molecule has 0 aliphatic rings. The number of hydrogen-bond acceptors (Lipinski definition) is 7. The minimum atomic E-state index is -4.08. The van der Waals surface area contributed by atoms with Crippen molar-refractivity contribution in [3.05, 3.63) is 39.9 Å². The number of carbonyl (C=O) groups excluding carboxylic acids is 1. The van der Waals surface area contributed by atoms with Gasteiger partial charge < -0.3 is 8.92 Å². The lowest BCUT2D eigenvalue weighted by Gasteiger charge is -2.12. The van der Waals surface area contributed by atoms with Gasteiger partial charge in [-0.1, -0.05) is 18.2 Å². The van der Waals surface area contributed by atoms with E-state index < -0.39 is 32.7 Å². The second-order valence-corrected chi connectivity index (χ2v) is 6.09. The summed E-state index contributed by atoms with van der Waals surface area (Å²) in [6.07, 6.45) is 0. The minimum absolute atomic E-state index is 0.0913. The van der Waals surface area contributed by atoms with Gasteiger partial charge >= 0.3 is 16.1 Å². The van der Waals surface area contributed by atoms with E-state index in [4.69, 9.17) is 4.74 Å². The fourth-order valence-corrected chi connectivity index (χ4v) is 2.49. The van der Waals surface area contributed by atoms with Crippen molar-refractivity contribution in [2.45, 2.75) is 19.8 Å². The number of nitro benzene ring substituents is 1. The minimum Gasteiger partial charge on any atom is -0.381 e. The van der Waals surface area contributed by atoms with E-state index in [2.05, 4.69) is 4.18 Å². The third-order valence-corrected chi connectivity index (χ3v) is 3.93. The number of rotatable bonds is 8. The molecule has 9 heteroatoms. The Kier molecular flexibility index (Phi) is 6.44. The van der Waals surface area contributed by atoms with Crippen LogP contribution in [0.2, 0.25) is 0 Å². The van der Waals surface area contributed by atoms with Crippen LogP contribution in [0, 0.1) is 10.1 Å². The summed E-state index contributed by atoms with van der Waals surface area (Å²) in [6.45, 7) is 3.31. The average molecular weight is 331 g/mol. The second kappa shape index (κ2) is 7.85. The van der Waals surface area contributed by atoms with Gasteiger partial charge in [0, 0.05) is 18.2 Å². The molecule has 1 aromatic rings. The molecule has 1 unspecified atom stereocenters. The lowest BCUT2D eigenvalue weighted by atomic mass is 10.00. The van der Waals surface area contributed by atoms with Crippen molar-refractivity contribution >= 4 is 21.8 Å². The molecule has 1 rings (SSSR count). The van der Waals surface area contributed by atoms with Crippen LogP contribution in [0.4, 0.5) is 5.69 Å². The van der Waals surface area contributed by atoms with Gasteiger partial charge in [0.05, 0.1) is 17.4 Å². The van der Waals surface area contributed by atoms with Crippen LogP contribution < -0.4 is 0 Å². The highest BCUT2D eigenvalue weighted by atomic mass is 32.2. The van der Waals surface area contributed by atoms with Gasteiger partial charge in [0.2, 0.25) is 0 Å². The number of ether oxygens (including phenoxy) is 1. The van der Waals surface area contributed by atoms with Crippen LogP contribution in [-0.4, -0.2) is 38.3 Å². The first kappa shape index (κ1) is 18.1. The van der Waals surface area contributed by atoms with E-state index in [1.165, 1.54) is 31.2 Å². The van der Waals surface area contributed by atoms with Gasteiger partial charge in [0.15, 0.2) is 0 Å². The standard InChI is InChI=1S/C13H17NO7S/c1-3-20-8-9-22(18,19)21-13(15)10(2)11-6-4-5-7-12(11)14(16)17/h4-7,10H,3,8-9H2,1-2H3. The molecule has 0 saturated carbocycles. The van der Waals surface area contributed by atoms with Gasteiger partial charge in [-0.3, -0.25) is 14.9 Å². The Bertz CT molecular complexity index is 642. The molecule has 0 aliphatic heterocycles. The fourth-order valence-electron chi connectivity index (χ4n) is 1.69. The molecule has 0 aliphatic carbocycles. The monoisotopic (exact) mass is 331 g/mol. The Hall–Kier alpha value is -2.00. The van der Waals surface area contributed by atoms with Gasteiger partial charge in [-0.25, -0.2) is 0 Å². The third-order valence-electron chi connectivity index (χ3n) is 2.84. The van der Waals surface area contributed by atoms with E-state index in [9.17, 15) is 23.3 Å². The Balaban J connectivity index is 2.84. The lowest BCUT2D eigenvalue weighted by molar-refractivity contribution is -0.385. The molecule has 0 aromatic heterocycles. The predicted molar refractivity (Wildman–Crippen MR) is 77.9 cm³/mol. The van der Waals surface area contributed by atoms with E-state index in [1.54, 1.807) is 6.92 Å². The van der Waals surface area contributed by atoms with Crippen molar-refractivity contribution in [1.82, 2.24) is 0 Å². The summed E-state index contributed by atoms with van der Waals surface area (Å²) in [5.41, 5.74) is -0.170. The summed E-state index contributed by atoms with van der Waals surface area (Å²) in [5.74, 6) is -2.61. The maximum atomic E-state index is 11.9. The molecule has 0 N–H and O–H groups in total. The van der Waals surface area contributed by atoms with Crippen LogP contribution in [0.5, 0.6) is 0 Å². The smallest absolute Gasteiger partial charge is 0.329 e. The first-order valence-electron chi connectivity index (χ1n) is 6.55. The zero-order valence-corrected chi connectivity index (χ0v) is 13.0. The zero-order valence-electron chi connectivity index (χ0n) is 12.2. The number of nitro groups is 1. The molecular weight excluding hydrogens is 314 g/mol. The SMILES string of the molecule is CCOCCS(=O)(=O)OC(=O)C(C)c1ccccc1[N+](=O)[O-]. The Morgan fingerprint density at radius 2 is 2.00 bits per heavy atom. The Labute approximate surface area is 128 Å². The highest BCUT2D eigenvalue weighted by Gasteiger charge is 2.28. The normalized spacial score (nSPS) is 12.6. The van der Waals surface area contributed by atoms with Crippen molar-refractivity contribution in [2.24, 2.45) is 0 Å². The first-order valence-corrected chi connectivity index (χ1v) is 8.13. The molecule has 8 nitrogen and oxygen atoms in total. The maximum absolute atomic E-state index is 11.9. The van der Waals surface area contributed by atoms with Crippen LogP contribution in [0.15, 0.2) is 24.3 Å². The Morgan fingerprint density at radius 1 is 1.36 bits per heavy atom. The predicted octanol–water partition coefficient (Wildman–Crippen LogP) is 1.61. The topological polar surface area (TPSA) is 113 Å². The summed E-state index contributed by atoms with van der Waals surface area (Å²) < 4.78 is 32.6. The van der Waals surface area contributed by atoms with Crippen molar-refractivity contribution in [2.75, 3.05) is 19.0 Å². The van der Waals surface area contributed by atoms with Crippen molar-refractivity contribution in [3.63, 3.8) is 0 Å². The van der Waals surface area contributed by atoms with Gasteiger partial charge in [-0.05, 0) is 13.8 Å². The van der Waals surface area contributed by atoms with Gasteiger partial charge in [0.1, 0.15) is 5.75 Å². The summed E-state index contributed by atoms with van der Waals surface area (Å²) >= 11 is 0. The van der Waals surface area contributed by atoms with E-state index in [1.807, 2.05) is 0 Å². The summed E-state index contributed by atoms with van der Waals surface area (Å²) in [4.78, 5) is 22.2. The van der Waals surface area contributed by atoms with Gasteiger partial charge in [0.25, 0.3) is 5.69 Å². The van der Waals surface area contributed by atoms with E-state index >= 15 is 0 Å². The van der Waals surface area contributed by atoms with Crippen LogP contribution in [0.3, 0.4) is 0 Å². The van der Waals surface area contributed by atoms with Gasteiger partial charge in [-0.15, -0.1) is 0 Å². The fraction of sp³-hybridized carbons (Fsp3) is 0.462. The molecule has 0 saturated heterocycles. The molecule has 122 valence electrons. The molecule has 22 heavy (non-hydrogen) atoms. The molecule has 0 spiro atoms. The third kappa shape index (κ3) is 5.08. The van der Waals surface area contributed by atoms with E-state index in [0.717, 1.165) is 0 Å². The lowest BCUT2D eigenvalue weighted by Crippen LogP contribution is -2.22. The zero-order chi connectivity index (χ0) is 16.8. The van der Waals surface area contributed by atoms with E-state index in [0.29, 0.717) is 6.61 Å². The summed E-state index contributed by atoms with van der Waals surface area (Å²) in [6, 6.07) is 5.60. The van der Waals surface area contributed by atoms with Crippen LogP contribution in [0.25, 0.3) is 0 Å². The van der Waals surface area contributed by atoms with Gasteiger partial charge in [-0.2, -0.15) is 8.42 Å². The molecule has 0 fully saturated rings. The molecule has 1 atom stereocenters. The number of benzene rings is 1. The highest BCUT2D eigenvalue weighted by molar-refractivity contribution is 7.87. The number of carbonyl (C=O) groups is 1. The molecule has 0 heterocycles. The maximum Gasteiger partial charge on any atom is 0.329 e. The van der Waals surface area contributed by atoms with Crippen LogP contribution in [0.1, 0.15) is 25.3 Å². The van der Waals surface area contributed by atoms with Crippen molar-refractivity contribution < 1.29 is 27.1 Å². The highest BCUT2D eigenvalue weighted by Crippen LogP contribution is 2.27. The summed E-state index contributed by atoms with van der Waals surface area (Å²) in [5, 5.41) is 10.9. The number of hydrogen-bond donors (Lipinski definition) is 0. The first-order chi connectivity index (χ1) is 10.3. The summed E-state index contributed by atoms with van der Waals surface area (Å²) in [7, 11) is -4.08. The van der Waals surface area contributed by atoms with Crippen molar-refractivity contribution in [1.29, 1.82) is 0 Å². The largest absolute Gasteiger partial charge is 0.381 e. The molecule has 0 amide bonds. The van der Waals surface area contributed by atoms with Crippen LogP contribution >= 0.6 is 0 Å². The number of nitrogens with zero attached hydrogens (tertiary/aromatic N) is 1. The Morgan fingerprint density at radius 3 is 2.59 bits per heavy atom. The average Bonchev–Trinajstić information content (AvgIpc) is 2.46. The number of para-hydroxylation sites is 1. The van der Waals surface area contributed by atoms with Crippen LogP contribution in [-0.2, 0) is 23.8 Å². The molecule has 0 radical (unpaired) electrons. The molecule has 1 aromatic carbocycles. The molecule has 0 bridgehead atoms. The quantitative estimate of drug-likeness (QED) is 0.308. The molecular formula is C13H17NO7S. The van der Waals surface area contributed by atoms with Crippen molar-refractivity contribution in [3.8, 4) is 0 Å².